The number of carbonyl (C=O) groups excluding carboxylic acids is 1. The number of aryl methyl sites for hydroxylation is 1. The number of carbonyl (C=O) groups is 1. The van der Waals surface area contributed by atoms with E-state index in [4.69, 9.17) is 5.73 Å². The molecular weight excluding hydrogens is 230 g/mol. The van der Waals surface area contributed by atoms with Crippen molar-refractivity contribution in [3.05, 3.63) is 42.0 Å². The Morgan fingerprint density at radius 3 is 2.89 bits per heavy atom. The van der Waals surface area contributed by atoms with E-state index in [0.29, 0.717) is 5.69 Å². The summed E-state index contributed by atoms with van der Waals surface area (Å²) in [6.07, 6.45) is 5.01. The summed E-state index contributed by atoms with van der Waals surface area (Å²) in [5.41, 5.74) is 7.24. The van der Waals surface area contributed by atoms with Crippen LogP contribution in [-0.2, 0) is 7.05 Å². The lowest BCUT2D eigenvalue weighted by Gasteiger charge is -2.12. The fraction of sp³-hybridized carbons (Fsp3) is 0.250. The Morgan fingerprint density at radius 2 is 2.33 bits per heavy atom. The third-order valence-electron chi connectivity index (χ3n) is 2.60. The summed E-state index contributed by atoms with van der Waals surface area (Å²) in [5.74, 6) is -0.288. The molecule has 0 aromatic carbocycles. The van der Waals surface area contributed by atoms with Crippen LogP contribution < -0.4 is 11.1 Å². The van der Waals surface area contributed by atoms with Crippen molar-refractivity contribution in [3.63, 3.8) is 0 Å². The SMILES string of the molecule is CC(NC(=O)c1nn(C)cc1N)c1cccnc1. The lowest BCUT2D eigenvalue weighted by molar-refractivity contribution is 0.0935. The van der Waals surface area contributed by atoms with Crippen LogP contribution in [0, 0.1) is 0 Å². The van der Waals surface area contributed by atoms with Gasteiger partial charge in [-0.1, -0.05) is 6.07 Å². The zero-order chi connectivity index (χ0) is 13.1. The summed E-state index contributed by atoms with van der Waals surface area (Å²) in [4.78, 5) is 16.0. The van der Waals surface area contributed by atoms with E-state index in [0.717, 1.165) is 5.56 Å². The van der Waals surface area contributed by atoms with E-state index in [1.165, 1.54) is 4.68 Å². The van der Waals surface area contributed by atoms with Gasteiger partial charge in [-0.25, -0.2) is 0 Å². The number of hydrogen-bond donors (Lipinski definition) is 2. The van der Waals surface area contributed by atoms with Crippen LogP contribution in [0.1, 0.15) is 29.0 Å². The summed E-state index contributed by atoms with van der Waals surface area (Å²) >= 11 is 0. The maximum absolute atomic E-state index is 12.0. The Kier molecular flexibility index (Phi) is 3.27. The molecule has 2 aromatic rings. The predicted octanol–water partition coefficient (Wildman–Crippen LogP) is 0.888. The van der Waals surface area contributed by atoms with Crippen LogP contribution >= 0.6 is 0 Å². The first-order valence-corrected chi connectivity index (χ1v) is 5.58. The van der Waals surface area contributed by atoms with Crippen molar-refractivity contribution in [3.8, 4) is 0 Å². The average molecular weight is 245 g/mol. The van der Waals surface area contributed by atoms with E-state index < -0.39 is 0 Å². The van der Waals surface area contributed by atoms with Gasteiger partial charge in [0.2, 0.25) is 0 Å². The molecule has 1 unspecified atom stereocenters. The third-order valence-corrected chi connectivity index (χ3v) is 2.60. The largest absolute Gasteiger partial charge is 0.396 e. The lowest BCUT2D eigenvalue weighted by Crippen LogP contribution is -2.27. The lowest BCUT2D eigenvalue weighted by atomic mass is 10.1. The number of anilines is 1. The van der Waals surface area contributed by atoms with Gasteiger partial charge in [0.05, 0.1) is 11.7 Å². The maximum atomic E-state index is 12.0. The van der Waals surface area contributed by atoms with Gasteiger partial charge < -0.3 is 11.1 Å². The summed E-state index contributed by atoms with van der Waals surface area (Å²) in [7, 11) is 1.72. The van der Waals surface area contributed by atoms with E-state index in [9.17, 15) is 4.79 Å². The highest BCUT2D eigenvalue weighted by molar-refractivity contribution is 5.97. The Balaban J connectivity index is 2.10. The number of pyridine rings is 1. The maximum Gasteiger partial charge on any atom is 0.274 e. The van der Waals surface area contributed by atoms with Crippen molar-refractivity contribution < 1.29 is 4.79 Å². The fourth-order valence-electron chi connectivity index (χ4n) is 1.66. The normalized spacial score (nSPS) is 12.1. The van der Waals surface area contributed by atoms with Gasteiger partial charge in [0.1, 0.15) is 0 Å². The van der Waals surface area contributed by atoms with E-state index in [1.807, 2.05) is 19.1 Å². The van der Waals surface area contributed by atoms with Crippen molar-refractivity contribution >= 4 is 11.6 Å². The quantitative estimate of drug-likeness (QED) is 0.840. The fourth-order valence-corrected chi connectivity index (χ4v) is 1.66. The molecule has 1 atom stereocenters. The van der Waals surface area contributed by atoms with Crippen LogP contribution in [0.4, 0.5) is 5.69 Å². The van der Waals surface area contributed by atoms with E-state index in [1.54, 1.807) is 25.6 Å². The van der Waals surface area contributed by atoms with Gasteiger partial charge in [0.15, 0.2) is 5.69 Å². The van der Waals surface area contributed by atoms with Gasteiger partial charge in [-0.2, -0.15) is 5.10 Å². The predicted molar refractivity (Wildman–Crippen MR) is 67.7 cm³/mol. The average Bonchev–Trinajstić information content (AvgIpc) is 2.69. The zero-order valence-corrected chi connectivity index (χ0v) is 10.3. The standard InChI is InChI=1S/C12H15N5O/c1-8(9-4-3-5-14-6-9)15-12(18)11-10(13)7-17(2)16-11/h3-8H,13H2,1-2H3,(H,15,18). The van der Waals surface area contributed by atoms with Crippen molar-refractivity contribution in [1.82, 2.24) is 20.1 Å². The Bertz CT molecular complexity index is 549. The van der Waals surface area contributed by atoms with Crippen LogP contribution in [0.15, 0.2) is 30.7 Å². The molecule has 0 radical (unpaired) electrons. The van der Waals surface area contributed by atoms with Gasteiger partial charge in [0, 0.05) is 25.6 Å². The molecule has 0 saturated heterocycles. The van der Waals surface area contributed by atoms with Gasteiger partial charge in [-0.3, -0.25) is 14.5 Å². The minimum Gasteiger partial charge on any atom is -0.396 e. The van der Waals surface area contributed by atoms with Gasteiger partial charge >= 0.3 is 0 Å². The Morgan fingerprint density at radius 1 is 1.56 bits per heavy atom. The number of nitrogens with one attached hydrogen (secondary N) is 1. The van der Waals surface area contributed by atoms with Gasteiger partial charge in [0.25, 0.3) is 5.91 Å². The molecule has 3 N–H and O–H groups in total. The first-order valence-electron chi connectivity index (χ1n) is 5.58. The van der Waals surface area contributed by atoms with Crippen LogP contribution in [0.25, 0.3) is 0 Å². The second kappa shape index (κ2) is 4.87. The van der Waals surface area contributed by atoms with Crippen LogP contribution in [-0.4, -0.2) is 20.7 Å². The highest BCUT2D eigenvalue weighted by Gasteiger charge is 2.16. The highest BCUT2D eigenvalue weighted by atomic mass is 16.2. The smallest absolute Gasteiger partial charge is 0.274 e. The van der Waals surface area contributed by atoms with Gasteiger partial charge in [-0.15, -0.1) is 0 Å². The monoisotopic (exact) mass is 245 g/mol. The number of amides is 1. The molecule has 0 saturated carbocycles. The molecule has 6 nitrogen and oxygen atoms in total. The molecule has 2 heterocycles. The topological polar surface area (TPSA) is 85.8 Å². The van der Waals surface area contributed by atoms with Crippen LogP contribution in [0.5, 0.6) is 0 Å². The molecule has 94 valence electrons. The summed E-state index contributed by atoms with van der Waals surface area (Å²) < 4.78 is 1.51. The first kappa shape index (κ1) is 12.1. The summed E-state index contributed by atoms with van der Waals surface area (Å²) in [6.45, 7) is 1.88. The second-order valence-corrected chi connectivity index (χ2v) is 4.09. The van der Waals surface area contributed by atoms with Crippen LogP contribution in [0.3, 0.4) is 0 Å². The van der Waals surface area contributed by atoms with E-state index in [2.05, 4.69) is 15.4 Å². The minimum atomic E-state index is -0.288. The number of hydrogen-bond acceptors (Lipinski definition) is 4. The molecule has 0 spiro atoms. The molecule has 0 aliphatic rings. The number of nitrogen functional groups attached to an aromatic ring is 1. The summed E-state index contributed by atoms with van der Waals surface area (Å²) in [5, 5.41) is 6.85. The van der Waals surface area contributed by atoms with Gasteiger partial charge in [-0.05, 0) is 18.6 Å². The van der Waals surface area contributed by atoms with Crippen molar-refractivity contribution in [2.45, 2.75) is 13.0 Å². The van der Waals surface area contributed by atoms with Crippen molar-refractivity contribution in [1.29, 1.82) is 0 Å². The molecule has 0 bridgehead atoms. The molecule has 0 aliphatic heterocycles. The van der Waals surface area contributed by atoms with Crippen molar-refractivity contribution in [2.24, 2.45) is 7.05 Å². The van der Waals surface area contributed by atoms with E-state index >= 15 is 0 Å². The number of aromatic nitrogens is 3. The second-order valence-electron chi connectivity index (χ2n) is 4.09. The number of nitrogens with zero attached hydrogens (tertiary/aromatic N) is 3. The Hall–Kier alpha value is -2.37. The first-order chi connectivity index (χ1) is 8.58. The Labute approximate surface area is 105 Å². The third kappa shape index (κ3) is 2.48. The number of nitrogens with two attached hydrogens (primary N) is 1. The van der Waals surface area contributed by atoms with Crippen LogP contribution in [0.2, 0.25) is 0 Å². The molecule has 18 heavy (non-hydrogen) atoms. The number of rotatable bonds is 3. The molecule has 2 rings (SSSR count). The minimum absolute atomic E-state index is 0.146. The molecule has 0 fully saturated rings. The molecule has 1 amide bonds. The zero-order valence-electron chi connectivity index (χ0n) is 10.3. The van der Waals surface area contributed by atoms with Crippen molar-refractivity contribution in [2.75, 3.05) is 5.73 Å². The molecule has 6 heteroatoms. The molecular formula is C12H15N5O. The highest BCUT2D eigenvalue weighted by Crippen LogP contribution is 2.13. The molecule has 0 aliphatic carbocycles. The summed E-state index contributed by atoms with van der Waals surface area (Å²) in [6, 6.07) is 3.58. The molecule has 2 aromatic heterocycles. The van der Waals surface area contributed by atoms with E-state index in [-0.39, 0.29) is 17.6 Å².